The lowest BCUT2D eigenvalue weighted by atomic mass is 9.87. The van der Waals surface area contributed by atoms with Crippen LogP contribution in [0.1, 0.15) is 70.9 Å². The third-order valence-corrected chi connectivity index (χ3v) is 7.81. The van der Waals surface area contributed by atoms with Gasteiger partial charge in [-0.05, 0) is 69.1 Å². The van der Waals surface area contributed by atoms with Gasteiger partial charge in [-0.15, -0.1) is 0 Å². The van der Waals surface area contributed by atoms with Gasteiger partial charge in [-0.3, -0.25) is 4.79 Å². The predicted octanol–water partition coefficient (Wildman–Crippen LogP) is 3.48. The molecule has 182 valence electrons. The molecular weight excluding hydrogens is 440 g/mol. The van der Waals surface area contributed by atoms with Crippen molar-refractivity contribution in [3.8, 4) is 0 Å². The summed E-state index contributed by atoms with van der Waals surface area (Å²) in [5.41, 5.74) is 6.30. The van der Waals surface area contributed by atoms with Crippen LogP contribution in [0.5, 0.6) is 0 Å². The molecule has 1 aliphatic carbocycles. The molecule has 8 heteroatoms. The van der Waals surface area contributed by atoms with Crippen molar-refractivity contribution >= 4 is 23.1 Å². The van der Waals surface area contributed by atoms with Gasteiger partial charge in [0.05, 0.1) is 30.5 Å². The number of fused-ring (bicyclic) bond motifs is 2. The molecule has 0 bridgehead atoms. The molecule has 1 aromatic carbocycles. The standard InChI is InChI=1S/C27H32N6O2/c1-17-14-33-25(29-26(17)31-15-21(28)24(34)16-31)13-22(30-33)23-11-4-5-12-32(23)27(35)20-10-6-8-18-7-2-3-9-19(18)20/h6,8,10,13-14,23-24,28,34H,2-5,7,9,11-12,15-16H2,1H3/t23-,24-/m0/s1. The topological polar surface area (TPSA) is 97.8 Å². The van der Waals surface area contributed by atoms with E-state index in [1.54, 1.807) is 4.52 Å². The Morgan fingerprint density at radius 3 is 2.86 bits per heavy atom. The maximum absolute atomic E-state index is 13.8. The molecule has 2 aromatic heterocycles. The van der Waals surface area contributed by atoms with Crippen LogP contribution in [0.2, 0.25) is 0 Å². The average molecular weight is 473 g/mol. The molecule has 0 unspecified atom stereocenters. The van der Waals surface area contributed by atoms with Crippen LogP contribution in [-0.2, 0) is 12.8 Å². The molecule has 6 rings (SSSR count). The number of hydrogen-bond donors (Lipinski definition) is 2. The van der Waals surface area contributed by atoms with E-state index in [-0.39, 0.29) is 11.9 Å². The number of nitrogens with one attached hydrogen (secondary N) is 1. The Morgan fingerprint density at radius 1 is 1.17 bits per heavy atom. The van der Waals surface area contributed by atoms with Crippen molar-refractivity contribution in [2.45, 2.75) is 64.0 Å². The summed E-state index contributed by atoms with van der Waals surface area (Å²) in [6.45, 7) is 3.49. The summed E-state index contributed by atoms with van der Waals surface area (Å²) in [5, 5.41) is 22.8. The van der Waals surface area contributed by atoms with E-state index in [0.29, 0.717) is 18.8 Å². The molecule has 2 fully saturated rings. The second-order valence-electron chi connectivity index (χ2n) is 10.2. The lowest BCUT2D eigenvalue weighted by molar-refractivity contribution is 0.0604. The first-order valence-electron chi connectivity index (χ1n) is 12.8. The van der Waals surface area contributed by atoms with Gasteiger partial charge < -0.3 is 20.3 Å². The number of β-amino-alcohol motifs (C(OH)–C–C–N with tert-alkyl or cyclic N) is 1. The SMILES string of the molecule is Cc1cn2nc([C@@H]3CCCCN3C(=O)c3cccc4c3CCCC4)cc2nc1N1CC(=N)[C@@H](O)C1. The highest BCUT2D eigenvalue weighted by Gasteiger charge is 2.33. The molecule has 2 N–H and O–H groups in total. The average Bonchev–Trinajstić information content (AvgIpc) is 3.44. The Kier molecular flexibility index (Phi) is 5.56. The second-order valence-corrected chi connectivity index (χ2v) is 10.2. The zero-order chi connectivity index (χ0) is 24.1. The van der Waals surface area contributed by atoms with E-state index in [2.05, 4.69) is 6.07 Å². The molecule has 4 heterocycles. The summed E-state index contributed by atoms with van der Waals surface area (Å²) in [6, 6.07) is 8.14. The molecule has 2 atom stereocenters. The highest BCUT2D eigenvalue weighted by atomic mass is 16.3. The second kappa shape index (κ2) is 8.75. The van der Waals surface area contributed by atoms with Gasteiger partial charge in [0, 0.05) is 29.9 Å². The Bertz CT molecular complexity index is 1310. The zero-order valence-electron chi connectivity index (χ0n) is 20.2. The van der Waals surface area contributed by atoms with Crippen LogP contribution in [0.15, 0.2) is 30.5 Å². The van der Waals surface area contributed by atoms with Gasteiger partial charge >= 0.3 is 0 Å². The van der Waals surface area contributed by atoms with Crippen LogP contribution in [0.4, 0.5) is 5.82 Å². The number of likely N-dealkylation sites (tertiary alicyclic amines) is 1. The molecule has 3 aliphatic rings. The van der Waals surface area contributed by atoms with Gasteiger partial charge in [0.25, 0.3) is 5.91 Å². The quantitative estimate of drug-likeness (QED) is 0.608. The van der Waals surface area contributed by atoms with Crippen molar-refractivity contribution in [2.24, 2.45) is 0 Å². The van der Waals surface area contributed by atoms with Crippen molar-refractivity contribution in [1.29, 1.82) is 5.41 Å². The number of amides is 1. The molecule has 0 radical (unpaired) electrons. The molecule has 35 heavy (non-hydrogen) atoms. The van der Waals surface area contributed by atoms with Crippen LogP contribution in [0, 0.1) is 12.3 Å². The van der Waals surface area contributed by atoms with Gasteiger partial charge in [0.15, 0.2) is 5.65 Å². The van der Waals surface area contributed by atoms with Gasteiger partial charge in [0.2, 0.25) is 0 Å². The number of aliphatic hydroxyl groups is 1. The summed E-state index contributed by atoms with van der Waals surface area (Å²) in [7, 11) is 0. The van der Waals surface area contributed by atoms with Crippen molar-refractivity contribution in [1.82, 2.24) is 19.5 Å². The Hall–Kier alpha value is -3.26. The number of hydrogen-bond acceptors (Lipinski definition) is 6. The van der Waals surface area contributed by atoms with E-state index in [1.165, 1.54) is 17.5 Å². The van der Waals surface area contributed by atoms with Crippen molar-refractivity contribution in [3.05, 3.63) is 58.4 Å². The number of benzene rings is 1. The number of rotatable bonds is 3. The third-order valence-electron chi connectivity index (χ3n) is 7.81. The van der Waals surface area contributed by atoms with Crippen LogP contribution < -0.4 is 4.90 Å². The monoisotopic (exact) mass is 472 g/mol. The number of carbonyl (C=O) groups excluding carboxylic acids is 1. The van der Waals surface area contributed by atoms with Gasteiger partial charge in [-0.2, -0.15) is 5.10 Å². The maximum Gasteiger partial charge on any atom is 0.254 e. The van der Waals surface area contributed by atoms with E-state index in [9.17, 15) is 9.90 Å². The van der Waals surface area contributed by atoms with Crippen molar-refractivity contribution < 1.29 is 9.90 Å². The molecule has 3 aromatic rings. The summed E-state index contributed by atoms with van der Waals surface area (Å²) < 4.78 is 1.80. The number of aromatic nitrogens is 3. The van der Waals surface area contributed by atoms with E-state index in [1.807, 2.05) is 41.1 Å². The molecule has 0 saturated carbocycles. The first kappa shape index (κ1) is 22.2. The summed E-state index contributed by atoms with van der Waals surface area (Å²) in [4.78, 5) is 22.7. The maximum atomic E-state index is 13.8. The number of aliphatic hydroxyl groups excluding tert-OH is 1. The fourth-order valence-corrected chi connectivity index (χ4v) is 5.98. The highest BCUT2D eigenvalue weighted by molar-refractivity contribution is 5.96. The highest BCUT2D eigenvalue weighted by Crippen LogP contribution is 2.34. The number of nitrogens with zero attached hydrogens (tertiary/aromatic N) is 5. The molecular formula is C27H32N6O2. The summed E-state index contributed by atoms with van der Waals surface area (Å²) in [5.74, 6) is 0.901. The lowest BCUT2D eigenvalue weighted by Gasteiger charge is -2.35. The van der Waals surface area contributed by atoms with Crippen LogP contribution in [0.3, 0.4) is 0 Å². The van der Waals surface area contributed by atoms with E-state index < -0.39 is 6.10 Å². The van der Waals surface area contributed by atoms with Crippen LogP contribution in [-0.4, -0.2) is 62.0 Å². The Morgan fingerprint density at radius 2 is 2.03 bits per heavy atom. The summed E-state index contributed by atoms with van der Waals surface area (Å²) in [6.07, 6.45) is 8.59. The van der Waals surface area contributed by atoms with Crippen LogP contribution in [0.25, 0.3) is 5.65 Å². The molecule has 2 saturated heterocycles. The van der Waals surface area contributed by atoms with Gasteiger partial charge in [-0.25, -0.2) is 9.50 Å². The lowest BCUT2D eigenvalue weighted by Crippen LogP contribution is -2.39. The Labute approximate surface area is 205 Å². The van der Waals surface area contributed by atoms with Crippen LogP contribution >= 0.6 is 0 Å². The smallest absolute Gasteiger partial charge is 0.254 e. The molecule has 0 spiro atoms. The normalized spacial score (nSPS) is 22.6. The first-order chi connectivity index (χ1) is 17.0. The fourth-order valence-electron chi connectivity index (χ4n) is 5.98. The fraction of sp³-hybridized carbons (Fsp3) is 0.481. The van der Waals surface area contributed by atoms with E-state index in [4.69, 9.17) is 15.5 Å². The minimum atomic E-state index is -0.738. The minimum Gasteiger partial charge on any atom is -0.385 e. The number of piperidine rings is 1. The Balaban J connectivity index is 1.33. The number of carbonyl (C=O) groups is 1. The minimum absolute atomic E-state index is 0.0667. The zero-order valence-corrected chi connectivity index (χ0v) is 20.2. The first-order valence-corrected chi connectivity index (χ1v) is 12.8. The van der Waals surface area contributed by atoms with Gasteiger partial charge in [0.1, 0.15) is 11.9 Å². The molecule has 1 amide bonds. The van der Waals surface area contributed by atoms with Crippen molar-refractivity contribution in [2.75, 3.05) is 24.5 Å². The molecule has 2 aliphatic heterocycles. The molecule has 8 nitrogen and oxygen atoms in total. The predicted molar refractivity (Wildman–Crippen MR) is 134 cm³/mol. The van der Waals surface area contributed by atoms with Gasteiger partial charge in [-0.1, -0.05) is 12.1 Å². The third kappa shape index (κ3) is 3.89. The van der Waals surface area contributed by atoms with E-state index in [0.717, 1.165) is 73.4 Å². The largest absolute Gasteiger partial charge is 0.385 e. The number of anilines is 1. The van der Waals surface area contributed by atoms with E-state index >= 15 is 0 Å². The number of aryl methyl sites for hydroxylation is 2. The van der Waals surface area contributed by atoms with Crippen molar-refractivity contribution in [3.63, 3.8) is 0 Å². The summed E-state index contributed by atoms with van der Waals surface area (Å²) >= 11 is 0.